The van der Waals surface area contributed by atoms with E-state index in [1.807, 2.05) is 60.7 Å². The Bertz CT molecular complexity index is 1160. The SMILES string of the molecule is O=c1c2cnn(-c3ccccc3)c2nc2n(-c3ccccc3)cnn12. The molecule has 3 aromatic heterocycles. The van der Waals surface area contributed by atoms with Crippen LogP contribution < -0.4 is 5.56 Å². The molecule has 0 unspecified atom stereocenters. The number of benzene rings is 2. The molecule has 0 spiro atoms. The molecule has 0 aliphatic heterocycles. The van der Waals surface area contributed by atoms with Gasteiger partial charge in [-0.3, -0.25) is 9.36 Å². The van der Waals surface area contributed by atoms with E-state index in [4.69, 9.17) is 0 Å². The predicted octanol–water partition coefficient (Wildman–Crippen LogP) is 2.22. The van der Waals surface area contributed by atoms with E-state index in [9.17, 15) is 4.79 Å². The Labute approximate surface area is 141 Å². The molecule has 5 aromatic rings. The first-order chi connectivity index (χ1) is 12.3. The van der Waals surface area contributed by atoms with E-state index < -0.39 is 0 Å². The summed E-state index contributed by atoms with van der Waals surface area (Å²) in [6.45, 7) is 0. The van der Waals surface area contributed by atoms with Crippen LogP contribution in [0.4, 0.5) is 0 Å². The van der Waals surface area contributed by atoms with E-state index >= 15 is 0 Å². The Hall–Kier alpha value is -3.74. The Morgan fingerprint density at radius 3 is 2.20 bits per heavy atom. The Kier molecular flexibility index (Phi) is 2.81. The summed E-state index contributed by atoms with van der Waals surface area (Å²) < 4.78 is 4.74. The molecule has 0 aliphatic rings. The minimum Gasteiger partial charge on any atom is -0.267 e. The van der Waals surface area contributed by atoms with Gasteiger partial charge >= 0.3 is 0 Å². The molecule has 0 saturated carbocycles. The second-order valence-corrected chi connectivity index (χ2v) is 5.59. The molecule has 5 rings (SSSR count). The van der Waals surface area contributed by atoms with E-state index in [1.165, 1.54) is 10.7 Å². The van der Waals surface area contributed by atoms with Crippen molar-refractivity contribution < 1.29 is 0 Å². The smallest absolute Gasteiger partial charge is 0.267 e. The van der Waals surface area contributed by atoms with E-state index in [1.54, 1.807) is 15.6 Å². The van der Waals surface area contributed by atoms with Gasteiger partial charge in [-0.15, -0.1) is 0 Å². The van der Waals surface area contributed by atoms with E-state index in [0.29, 0.717) is 16.8 Å². The van der Waals surface area contributed by atoms with Crippen LogP contribution in [-0.2, 0) is 0 Å². The normalized spacial score (nSPS) is 11.4. The standard InChI is InChI=1S/C18H12N6O/c25-17-15-11-19-23(14-9-5-2-6-10-14)16(15)21-18-22(12-20-24(17)18)13-7-3-1-4-8-13/h1-12H. The number of para-hydroxylation sites is 2. The average molecular weight is 328 g/mol. The summed E-state index contributed by atoms with van der Waals surface area (Å²) in [6.07, 6.45) is 3.13. The largest absolute Gasteiger partial charge is 0.286 e. The molecule has 3 heterocycles. The lowest BCUT2D eigenvalue weighted by atomic mass is 10.3. The minimum atomic E-state index is -0.239. The minimum absolute atomic E-state index is 0.239. The molecule has 7 heteroatoms. The lowest BCUT2D eigenvalue weighted by molar-refractivity contribution is 0.883. The van der Waals surface area contributed by atoms with Crippen molar-refractivity contribution >= 4 is 16.8 Å². The third-order valence-electron chi connectivity index (χ3n) is 4.10. The molecule has 0 N–H and O–H groups in total. The van der Waals surface area contributed by atoms with Crippen LogP contribution in [0.1, 0.15) is 0 Å². The third-order valence-corrected chi connectivity index (χ3v) is 4.10. The first kappa shape index (κ1) is 13.7. The van der Waals surface area contributed by atoms with E-state index in [2.05, 4.69) is 15.2 Å². The highest BCUT2D eigenvalue weighted by atomic mass is 16.1. The summed E-state index contributed by atoms with van der Waals surface area (Å²) >= 11 is 0. The Balaban J connectivity index is 1.85. The molecule has 2 aromatic carbocycles. The van der Waals surface area contributed by atoms with Gasteiger partial charge in [-0.25, -0.2) is 4.68 Å². The van der Waals surface area contributed by atoms with Gasteiger partial charge in [-0.05, 0) is 24.3 Å². The van der Waals surface area contributed by atoms with Gasteiger partial charge in [0.05, 0.1) is 17.6 Å². The van der Waals surface area contributed by atoms with Crippen LogP contribution in [0.5, 0.6) is 0 Å². The van der Waals surface area contributed by atoms with Crippen molar-refractivity contribution in [3.8, 4) is 11.4 Å². The summed E-state index contributed by atoms with van der Waals surface area (Å²) in [5.74, 6) is 0.446. The quantitative estimate of drug-likeness (QED) is 0.498. The number of rotatable bonds is 2. The van der Waals surface area contributed by atoms with Crippen LogP contribution in [0.2, 0.25) is 0 Å². The summed E-state index contributed by atoms with van der Waals surface area (Å²) in [4.78, 5) is 17.4. The molecular formula is C18H12N6O. The molecule has 120 valence electrons. The van der Waals surface area contributed by atoms with Gasteiger partial charge in [-0.1, -0.05) is 36.4 Å². The van der Waals surface area contributed by atoms with E-state index in [-0.39, 0.29) is 5.56 Å². The number of nitrogens with zero attached hydrogens (tertiary/aromatic N) is 6. The second kappa shape index (κ2) is 5.13. The fourth-order valence-corrected chi connectivity index (χ4v) is 2.89. The maximum Gasteiger partial charge on any atom is 0.286 e. The number of aromatic nitrogens is 6. The van der Waals surface area contributed by atoms with Crippen molar-refractivity contribution in [2.24, 2.45) is 0 Å². The van der Waals surface area contributed by atoms with Crippen LogP contribution >= 0.6 is 0 Å². The molecule has 0 fully saturated rings. The zero-order chi connectivity index (χ0) is 16.8. The number of hydrogen-bond acceptors (Lipinski definition) is 4. The van der Waals surface area contributed by atoms with Gasteiger partial charge in [0, 0.05) is 0 Å². The highest BCUT2D eigenvalue weighted by Gasteiger charge is 2.16. The van der Waals surface area contributed by atoms with Crippen LogP contribution in [-0.4, -0.2) is 28.9 Å². The van der Waals surface area contributed by atoms with Gasteiger partial charge in [0.15, 0.2) is 5.65 Å². The zero-order valence-corrected chi connectivity index (χ0v) is 13.0. The van der Waals surface area contributed by atoms with Crippen LogP contribution in [0, 0.1) is 0 Å². The fraction of sp³-hybridized carbons (Fsp3) is 0. The van der Waals surface area contributed by atoms with Gasteiger partial charge < -0.3 is 0 Å². The zero-order valence-electron chi connectivity index (χ0n) is 13.0. The average Bonchev–Trinajstić information content (AvgIpc) is 3.28. The molecule has 0 amide bonds. The van der Waals surface area contributed by atoms with Crippen molar-refractivity contribution in [1.29, 1.82) is 0 Å². The second-order valence-electron chi connectivity index (χ2n) is 5.59. The van der Waals surface area contributed by atoms with Crippen molar-refractivity contribution in [2.75, 3.05) is 0 Å². The summed E-state index contributed by atoms with van der Waals surface area (Å²) in [5.41, 5.74) is 2.00. The van der Waals surface area contributed by atoms with Crippen molar-refractivity contribution in [2.45, 2.75) is 0 Å². The first-order valence-electron chi connectivity index (χ1n) is 7.78. The van der Waals surface area contributed by atoms with Crippen LogP contribution in [0.15, 0.2) is 78.0 Å². The molecule has 0 bridgehead atoms. The monoisotopic (exact) mass is 328 g/mol. The van der Waals surface area contributed by atoms with Crippen molar-refractivity contribution in [3.63, 3.8) is 0 Å². The molecule has 25 heavy (non-hydrogen) atoms. The summed E-state index contributed by atoms with van der Waals surface area (Å²) in [6, 6.07) is 19.3. The molecule has 0 saturated heterocycles. The molecular weight excluding hydrogens is 316 g/mol. The van der Waals surface area contributed by atoms with Crippen molar-refractivity contribution in [3.05, 3.63) is 83.5 Å². The van der Waals surface area contributed by atoms with Gasteiger partial charge in [0.25, 0.3) is 5.56 Å². The maximum atomic E-state index is 12.8. The maximum absolute atomic E-state index is 12.8. The van der Waals surface area contributed by atoms with Gasteiger partial charge in [0.2, 0.25) is 5.78 Å². The molecule has 0 radical (unpaired) electrons. The molecule has 7 nitrogen and oxygen atoms in total. The van der Waals surface area contributed by atoms with Crippen molar-refractivity contribution in [1.82, 2.24) is 28.9 Å². The predicted molar refractivity (Wildman–Crippen MR) is 93.2 cm³/mol. The summed E-state index contributed by atoms with van der Waals surface area (Å²) in [7, 11) is 0. The molecule has 0 aliphatic carbocycles. The number of fused-ring (bicyclic) bond motifs is 2. The van der Waals surface area contributed by atoms with Crippen LogP contribution in [0.25, 0.3) is 28.2 Å². The summed E-state index contributed by atoms with van der Waals surface area (Å²) in [5, 5.41) is 8.96. The van der Waals surface area contributed by atoms with Gasteiger partial charge in [-0.2, -0.15) is 19.7 Å². The van der Waals surface area contributed by atoms with E-state index in [0.717, 1.165) is 11.4 Å². The number of hydrogen-bond donors (Lipinski definition) is 0. The highest BCUT2D eigenvalue weighted by molar-refractivity contribution is 5.77. The topological polar surface area (TPSA) is 70.0 Å². The lowest BCUT2D eigenvalue weighted by Crippen LogP contribution is -2.16. The first-order valence-corrected chi connectivity index (χ1v) is 7.78. The molecule has 0 atom stereocenters. The third kappa shape index (κ3) is 1.99. The van der Waals surface area contributed by atoms with Crippen LogP contribution in [0.3, 0.4) is 0 Å². The Morgan fingerprint density at radius 1 is 0.800 bits per heavy atom. The lowest BCUT2D eigenvalue weighted by Gasteiger charge is -2.04. The fourth-order valence-electron chi connectivity index (χ4n) is 2.89. The Morgan fingerprint density at radius 2 is 1.48 bits per heavy atom. The van der Waals surface area contributed by atoms with Gasteiger partial charge in [0.1, 0.15) is 11.7 Å². The highest BCUT2D eigenvalue weighted by Crippen LogP contribution is 2.16.